The van der Waals surface area contributed by atoms with Crippen LogP contribution in [-0.2, 0) is 13.1 Å². The SMILES string of the molecule is NC(=O)c1ccc(Oc2ccc(CNCc3csc4ccccc34)cc2)cn1. The van der Waals surface area contributed by atoms with Gasteiger partial charge in [-0.05, 0) is 52.2 Å². The summed E-state index contributed by atoms with van der Waals surface area (Å²) in [7, 11) is 0. The highest BCUT2D eigenvalue weighted by Gasteiger charge is 2.05. The molecule has 4 aromatic rings. The van der Waals surface area contributed by atoms with Gasteiger partial charge in [-0.3, -0.25) is 4.79 Å². The molecule has 28 heavy (non-hydrogen) atoms. The van der Waals surface area contributed by atoms with Crippen molar-refractivity contribution in [2.24, 2.45) is 5.73 Å². The molecule has 6 heteroatoms. The van der Waals surface area contributed by atoms with Crippen LogP contribution in [-0.4, -0.2) is 10.9 Å². The molecule has 0 atom stereocenters. The fraction of sp³-hybridized carbons (Fsp3) is 0.0909. The molecule has 0 saturated heterocycles. The van der Waals surface area contributed by atoms with Gasteiger partial charge >= 0.3 is 0 Å². The monoisotopic (exact) mass is 389 g/mol. The Morgan fingerprint density at radius 1 is 1.00 bits per heavy atom. The van der Waals surface area contributed by atoms with Gasteiger partial charge in [0.05, 0.1) is 6.20 Å². The molecule has 0 aliphatic carbocycles. The van der Waals surface area contributed by atoms with E-state index in [1.807, 2.05) is 24.3 Å². The smallest absolute Gasteiger partial charge is 0.267 e. The summed E-state index contributed by atoms with van der Waals surface area (Å²) >= 11 is 1.78. The van der Waals surface area contributed by atoms with Crippen molar-refractivity contribution in [1.82, 2.24) is 10.3 Å². The van der Waals surface area contributed by atoms with Gasteiger partial charge in [-0.2, -0.15) is 0 Å². The molecule has 1 amide bonds. The maximum atomic E-state index is 11.0. The number of pyridine rings is 1. The molecular weight excluding hydrogens is 370 g/mol. The Kier molecular flexibility index (Phi) is 5.32. The molecule has 2 aromatic carbocycles. The molecule has 2 aromatic heterocycles. The van der Waals surface area contributed by atoms with Gasteiger partial charge in [0, 0.05) is 17.8 Å². The highest BCUT2D eigenvalue weighted by Crippen LogP contribution is 2.25. The van der Waals surface area contributed by atoms with Crippen LogP contribution in [0.1, 0.15) is 21.6 Å². The number of aromatic nitrogens is 1. The van der Waals surface area contributed by atoms with E-state index < -0.39 is 5.91 Å². The van der Waals surface area contributed by atoms with Crippen molar-refractivity contribution in [1.29, 1.82) is 0 Å². The quantitative estimate of drug-likeness (QED) is 0.489. The van der Waals surface area contributed by atoms with Crippen molar-refractivity contribution in [2.45, 2.75) is 13.1 Å². The second-order valence-electron chi connectivity index (χ2n) is 6.35. The van der Waals surface area contributed by atoms with Crippen molar-refractivity contribution in [3.63, 3.8) is 0 Å². The molecule has 0 saturated carbocycles. The minimum Gasteiger partial charge on any atom is -0.456 e. The first-order chi connectivity index (χ1) is 13.7. The number of primary amides is 1. The second kappa shape index (κ2) is 8.21. The van der Waals surface area contributed by atoms with Gasteiger partial charge in [0.1, 0.15) is 17.2 Å². The van der Waals surface area contributed by atoms with Crippen LogP contribution in [0.25, 0.3) is 10.1 Å². The number of carbonyl (C=O) groups is 1. The third kappa shape index (κ3) is 4.19. The van der Waals surface area contributed by atoms with Crippen molar-refractivity contribution in [3.8, 4) is 11.5 Å². The highest BCUT2D eigenvalue weighted by atomic mass is 32.1. The molecule has 0 fully saturated rings. The molecule has 2 heterocycles. The van der Waals surface area contributed by atoms with Crippen LogP contribution >= 0.6 is 11.3 Å². The number of fused-ring (bicyclic) bond motifs is 1. The van der Waals surface area contributed by atoms with Crippen molar-refractivity contribution < 1.29 is 9.53 Å². The summed E-state index contributed by atoms with van der Waals surface area (Å²) in [4.78, 5) is 15.0. The highest BCUT2D eigenvalue weighted by molar-refractivity contribution is 7.17. The van der Waals surface area contributed by atoms with Crippen LogP contribution in [0.4, 0.5) is 0 Å². The summed E-state index contributed by atoms with van der Waals surface area (Å²) in [5.74, 6) is 0.709. The molecule has 0 aliphatic heterocycles. The Labute approximate surface area is 166 Å². The minimum atomic E-state index is -0.557. The first-order valence-corrected chi connectivity index (χ1v) is 9.75. The summed E-state index contributed by atoms with van der Waals surface area (Å²) in [6.07, 6.45) is 1.49. The minimum absolute atomic E-state index is 0.215. The first kappa shape index (κ1) is 18.2. The van der Waals surface area contributed by atoms with Gasteiger partial charge in [-0.1, -0.05) is 30.3 Å². The Morgan fingerprint density at radius 2 is 1.79 bits per heavy atom. The molecule has 3 N–H and O–H groups in total. The van der Waals surface area contributed by atoms with Crippen LogP contribution < -0.4 is 15.8 Å². The van der Waals surface area contributed by atoms with Gasteiger partial charge in [-0.25, -0.2) is 4.98 Å². The van der Waals surface area contributed by atoms with E-state index in [1.165, 1.54) is 27.4 Å². The van der Waals surface area contributed by atoms with E-state index in [1.54, 1.807) is 23.5 Å². The molecule has 0 bridgehead atoms. The number of rotatable bonds is 7. The van der Waals surface area contributed by atoms with Crippen molar-refractivity contribution >= 4 is 27.3 Å². The van der Waals surface area contributed by atoms with Crippen LogP contribution in [0, 0.1) is 0 Å². The zero-order chi connectivity index (χ0) is 19.3. The zero-order valence-corrected chi connectivity index (χ0v) is 15.9. The van der Waals surface area contributed by atoms with E-state index in [9.17, 15) is 4.79 Å². The lowest BCUT2D eigenvalue weighted by Gasteiger charge is -2.08. The van der Waals surface area contributed by atoms with Crippen LogP contribution in [0.3, 0.4) is 0 Å². The zero-order valence-electron chi connectivity index (χ0n) is 15.1. The molecule has 0 radical (unpaired) electrons. The van der Waals surface area contributed by atoms with Gasteiger partial charge < -0.3 is 15.8 Å². The number of nitrogens with two attached hydrogens (primary N) is 1. The molecule has 0 spiro atoms. The van der Waals surface area contributed by atoms with E-state index in [2.05, 4.69) is 39.9 Å². The van der Waals surface area contributed by atoms with E-state index >= 15 is 0 Å². The lowest BCUT2D eigenvalue weighted by atomic mass is 10.1. The Balaban J connectivity index is 1.32. The number of nitrogens with zero attached hydrogens (tertiary/aromatic N) is 1. The number of amides is 1. The normalized spacial score (nSPS) is 10.9. The Bertz CT molecular complexity index is 1090. The topological polar surface area (TPSA) is 77.2 Å². The molecule has 4 rings (SSSR count). The number of nitrogens with one attached hydrogen (secondary N) is 1. The molecular formula is C22H19N3O2S. The van der Waals surface area contributed by atoms with Gasteiger partial charge in [0.2, 0.25) is 0 Å². The predicted octanol–water partition coefficient (Wildman–Crippen LogP) is 4.48. The largest absolute Gasteiger partial charge is 0.456 e. The summed E-state index contributed by atoms with van der Waals surface area (Å²) in [5.41, 5.74) is 7.90. The third-order valence-electron chi connectivity index (χ3n) is 4.35. The number of ether oxygens (including phenoxy) is 1. The first-order valence-electron chi connectivity index (χ1n) is 8.87. The van der Waals surface area contributed by atoms with Gasteiger partial charge in [0.15, 0.2) is 0 Å². The fourth-order valence-corrected chi connectivity index (χ4v) is 3.87. The molecule has 5 nitrogen and oxygen atoms in total. The van der Waals surface area contributed by atoms with Crippen LogP contribution in [0.2, 0.25) is 0 Å². The molecule has 140 valence electrons. The maximum Gasteiger partial charge on any atom is 0.267 e. The lowest BCUT2D eigenvalue weighted by Crippen LogP contribution is -2.12. The maximum absolute atomic E-state index is 11.0. The van der Waals surface area contributed by atoms with E-state index in [0.29, 0.717) is 11.5 Å². The Hall–Kier alpha value is -3.22. The summed E-state index contributed by atoms with van der Waals surface area (Å²) in [6, 6.07) is 19.6. The van der Waals surface area contributed by atoms with E-state index in [4.69, 9.17) is 10.5 Å². The number of hydrogen-bond donors (Lipinski definition) is 2. The summed E-state index contributed by atoms with van der Waals surface area (Å²) in [6.45, 7) is 1.61. The van der Waals surface area contributed by atoms with Crippen molar-refractivity contribution in [2.75, 3.05) is 0 Å². The average molecular weight is 389 g/mol. The predicted molar refractivity (Wildman–Crippen MR) is 112 cm³/mol. The Morgan fingerprint density at radius 3 is 2.54 bits per heavy atom. The average Bonchev–Trinajstić information content (AvgIpc) is 3.13. The lowest BCUT2D eigenvalue weighted by molar-refractivity contribution is 0.0995. The van der Waals surface area contributed by atoms with Crippen LogP contribution in [0.15, 0.2) is 72.2 Å². The number of hydrogen-bond acceptors (Lipinski definition) is 5. The standard InChI is InChI=1S/C22H19N3O2S/c23-22(26)20-10-9-18(13-25-20)27-17-7-5-15(6-8-17)11-24-12-16-14-28-21-4-2-1-3-19(16)21/h1-10,13-14,24H,11-12H2,(H2,23,26). The van der Waals surface area contributed by atoms with Crippen molar-refractivity contribution in [3.05, 3.63) is 89.1 Å². The molecule has 0 aliphatic rings. The second-order valence-corrected chi connectivity index (χ2v) is 7.26. The van der Waals surface area contributed by atoms with Gasteiger partial charge in [-0.15, -0.1) is 11.3 Å². The third-order valence-corrected chi connectivity index (χ3v) is 5.37. The molecule has 0 unspecified atom stereocenters. The van der Waals surface area contributed by atoms with E-state index in [-0.39, 0.29) is 5.69 Å². The fourth-order valence-electron chi connectivity index (χ4n) is 2.91. The number of carbonyl (C=O) groups excluding carboxylic acids is 1. The van der Waals surface area contributed by atoms with E-state index in [0.717, 1.165) is 13.1 Å². The number of thiophene rings is 1. The summed E-state index contributed by atoms with van der Waals surface area (Å²) in [5, 5.41) is 7.03. The number of benzene rings is 2. The summed E-state index contributed by atoms with van der Waals surface area (Å²) < 4.78 is 7.06. The van der Waals surface area contributed by atoms with Gasteiger partial charge in [0.25, 0.3) is 5.91 Å². The van der Waals surface area contributed by atoms with Crippen LogP contribution in [0.5, 0.6) is 11.5 Å².